The minimum absolute atomic E-state index is 0.0357. The molecule has 0 unspecified atom stereocenters. The normalized spacial score (nSPS) is 11.3. The molecule has 9 aromatic rings. The van der Waals surface area contributed by atoms with Crippen molar-refractivity contribution in [3.63, 3.8) is 0 Å². The standard InChI is InChI=1S/C45H31N3O/c49-45-29-30-46(42-17-9-8-16-40(42)45)34-23-19-32(20-24-34)33-21-25-37(26-22-33)48-43-18-10-7-15-39(43)41-31-38(27-28-44(41)48)47(35-11-3-1-4-12-35)36-13-5-2-6-14-36/h1-31H. The van der Waals surface area contributed by atoms with Crippen molar-refractivity contribution in [2.24, 2.45) is 0 Å². The van der Waals surface area contributed by atoms with Gasteiger partial charge in [-0.1, -0.05) is 91.0 Å². The van der Waals surface area contributed by atoms with Gasteiger partial charge in [0.1, 0.15) is 0 Å². The smallest absolute Gasteiger partial charge is 0.189 e. The number of hydrogen-bond donors (Lipinski definition) is 0. The fraction of sp³-hybridized carbons (Fsp3) is 0. The summed E-state index contributed by atoms with van der Waals surface area (Å²) in [5.74, 6) is 0. The monoisotopic (exact) mass is 629 g/mol. The molecule has 49 heavy (non-hydrogen) atoms. The molecule has 0 aliphatic heterocycles. The summed E-state index contributed by atoms with van der Waals surface area (Å²) in [6, 6.07) is 63.2. The van der Waals surface area contributed by atoms with Gasteiger partial charge in [0.2, 0.25) is 0 Å². The summed E-state index contributed by atoms with van der Waals surface area (Å²) in [6.07, 6.45) is 1.85. The van der Waals surface area contributed by atoms with Crippen molar-refractivity contribution in [2.45, 2.75) is 0 Å². The Morgan fingerprint density at radius 3 is 1.57 bits per heavy atom. The SMILES string of the molecule is O=c1ccn(-c2ccc(-c3ccc(-n4c5ccccc5c5cc(N(c6ccccc6)c6ccccc6)ccc54)cc3)cc2)c2ccccc12. The van der Waals surface area contributed by atoms with Crippen LogP contribution in [0.4, 0.5) is 17.1 Å². The maximum atomic E-state index is 12.4. The van der Waals surface area contributed by atoms with Gasteiger partial charge in [0.05, 0.1) is 16.6 Å². The molecule has 2 heterocycles. The van der Waals surface area contributed by atoms with Crippen LogP contribution >= 0.6 is 0 Å². The first-order valence-electron chi connectivity index (χ1n) is 16.5. The van der Waals surface area contributed by atoms with E-state index in [0.717, 1.165) is 56.0 Å². The van der Waals surface area contributed by atoms with E-state index in [-0.39, 0.29) is 5.43 Å². The van der Waals surface area contributed by atoms with Crippen LogP contribution in [-0.4, -0.2) is 9.13 Å². The Morgan fingerprint density at radius 2 is 0.918 bits per heavy atom. The zero-order valence-electron chi connectivity index (χ0n) is 26.6. The summed E-state index contributed by atoms with van der Waals surface area (Å²) in [7, 11) is 0. The van der Waals surface area contributed by atoms with Gasteiger partial charge in [-0.25, -0.2) is 0 Å². The number of benzene rings is 7. The van der Waals surface area contributed by atoms with Crippen LogP contribution in [0.25, 0.3) is 55.2 Å². The van der Waals surface area contributed by atoms with E-state index in [2.05, 4.69) is 166 Å². The minimum atomic E-state index is 0.0357. The second-order valence-electron chi connectivity index (χ2n) is 12.2. The lowest BCUT2D eigenvalue weighted by Crippen LogP contribution is -2.09. The van der Waals surface area contributed by atoms with Crippen molar-refractivity contribution in [1.82, 2.24) is 9.13 Å². The van der Waals surface area contributed by atoms with Gasteiger partial charge in [0.25, 0.3) is 0 Å². The summed E-state index contributed by atoms with van der Waals surface area (Å²) in [6.45, 7) is 0. The molecule has 0 bridgehead atoms. The van der Waals surface area contributed by atoms with E-state index in [1.54, 1.807) is 6.07 Å². The fourth-order valence-corrected chi connectivity index (χ4v) is 7.03. The van der Waals surface area contributed by atoms with Gasteiger partial charge < -0.3 is 14.0 Å². The van der Waals surface area contributed by atoms with Crippen LogP contribution < -0.4 is 10.3 Å². The number of anilines is 3. The molecule has 7 aromatic carbocycles. The van der Waals surface area contributed by atoms with E-state index in [1.165, 1.54) is 16.3 Å². The number of nitrogens with zero attached hydrogens (tertiary/aromatic N) is 3. The summed E-state index contributed by atoms with van der Waals surface area (Å²) >= 11 is 0. The van der Waals surface area contributed by atoms with Gasteiger partial charge in [-0.15, -0.1) is 0 Å². The van der Waals surface area contributed by atoms with Crippen LogP contribution in [0.3, 0.4) is 0 Å². The third kappa shape index (κ3) is 4.98. The molecule has 0 saturated heterocycles. The van der Waals surface area contributed by atoms with Crippen LogP contribution in [-0.2, 0) is 0 Å². The van der Waals surface area contributed by atoms with E-state index < -0.39 is 0 Å². The Hall–Kier alpha value is -6.65. The average Bonchev–Trinajstić information content (AvgIpc) is 3.50. The number of rotatable bonds is 6. The zero-order valence-corrected chi connectivity index (χ0v) is 26.6. The van der Waals surface area contributed by atoms with Crippen LogP contribution in [0.5, 0.6) is 0 Å². The van der Waals surface area contributed by atoms with Crippen molar-refractivity contribution in [2.75, 3.05) is 4.90 Å². The van der Waals surface area contributed by atoms with E-state index in [9.17, 15) is 4.79 Å². The Morgan fingerprint density at radius 1 is 0.388 bits per heavy atom. The first-order chi connectivity index (χ1) is 24.2. The highest BCUT2D eigenvalue weighted by atomic mass is 16.1. The Labute approximate surface area is 284 Å². The van der Waals surface area contributed by atoms with Crippen molar-refractivity contribution >= 4 is 49.8 Å². The molecule has 4 heteroatoms. The Kier molecular flexibility index (Phi) is 6.91. The molecule has 0 saturated carbocycles. The van der Waals surface area contributed by atoms with Gasteiger partial charge in [-0.05, 0) is 96.1 Å². The summed E-state index contributed by atoms with van der Waals surface area (Å²) in [4.78, 5) is 14.7. The van der Waals surface area contributed by atoms with Crippen molar-refractivity contribution in [3.8, 4) is 22.5 Å². The lowest BCUT2D eigenvalue weighted by molar-refractivity contribution is 1.10. The molecule has 9 rings (SSSR count). The number of aromatic nitrogens is 2. The topological polar surface area (TPSA) is 30.2 Å². The van der Waals surface area contributed by atoms with Crippen molar-refractivity contribution in [3.05, 3.63) is 198 Å². The maximum absolute atomic E-state index is 12.4. The lowest BCUT2D eigenvalue weighted by atomic mass is 10.0. The first-order valence-corrected chi connectivity index (χ1v) is 16.5. The van der Waals surface area contributed by atoms with Crippen LogP contribution in [0, 0.1) is 0 Å². The second-order valence-corrected chi connectivity index (χ2v) is 12.2. The summed E-state index contributed by atoms with van der Waals surface area (Å²) < 4.78 is 4.42. The molecular formula is C45H31N3O. The largest absolute Gasteiger partial charge is 0.316 e. The number of pyridine rings is 1. The molecule has 0 atom stereocenters. The minimum Gasteiger partial charge on any atom is -0.316 e. The highest BCUT2D eigenvalue weighted by molar-refractivity contribution is 6.10. The lowest BCUT2D eigenvalue weighted by Gasteiger charge is -2.25. The molecule has 0 fully saturated rings. The molecule has 0 N–H and O–H groups in total. The maximum Gasteiger partial charge on any atom is 0.189 e. The third-order valence-electron chi connectivity index (χ3n) is 9.35. The van der Waals surface area contributed by atoms with Crippen molar-refractivity contribution < 1.29 is 0 Å². The summed E-state index contributed by atoms with van der Waals surface area (Å²) in [5.41, 5.74) is 11.0. The molecule has 0 spiro atoms. The fourth-order valence-electron chi connectivity index (χ4n) is 7.03. The number of fused-ring (bicyclic) bond motifs is 4. The molecule has 232 valence electrons. The van der Waals surface area contributed by atoms with Gasteiger partial charge in [0, 0.05) is 56.9 Å². The van der Waals surface area contributed by atoms with Crippen LogP contribution in [0.15, 0.2) is 193 Å². The highest BCUT2D eigenvalue weighted by Gasteiger charge is 2.17. The third-order valence-corrected chi connectivity index (χ3v) is 9.35. The van der Waals surface area contributed by atoms with Gasteiger partial charge in [0.15, 0.2) is 5.43 Å². The first kappa shape index (κ1) is 28.6. The van der Waals surface area contributed by atoms with E-state index in [1.807, 2.05) is 30.5 Å². The molecule has 0 radical (unpaired) electrons. The second kappa shape index (κ2) is 11.9. The van der Waals surface area contributed by atoms with Crippen molar-refractivity contribution in [1.29, 1.82) is 0 Å². The predicted octanol–water partition coefficient (Wildman–Crippen LogP) is 11.2. The van der Waals surface area contributed by atoms with E-state index in [0.29, 0.717) is 0 Å². The van der Waals surface area contributed by atoms with E-state index >= 15 is 0 Å². The van der Waals surface area contributed by atoms with Gasteiger partial charge in [-0.3, -0.25) is 4.79 Å². The molecule has 0 aliphatic rings. The van der Waals surface area contributed by atoms with Crippen LogP contribution in [0.2, 0.25) is 0 Å². The number of hydrogen-bond acceptors (Lipinski definition) is 2. The highest BCUT2D eigenvalue weighted by Crippen LogP contribution is 2.39. The Balaban J connectivity index is 1.09. The zero-order chi connectivity index (χ0) is 32.7. The predicted molar refractivity (Wildman–Crippen MR) is 204 cm³/mol. The summed E-state index contributed by atoms with van der Waals surface area (Å²) in [5, 5.41) is 3.14. The van der Waals surface area contributed by atoms with Gasteiger partial charge >= 0.3 is 0 Å². The molecule has 0 amide bonds. The average molecular weight is 630 g/mol. The van der Waals surface area contributed by atoms with Crippen LogP contribution in [0.1, 0.15) is 0 Å². The molecular weight excluding hydrogens is 599 g/mol. The number of para-hydroxylation sites is 4. The molecule has 2 aromatic heterocycles. The van der Waals surface area contributed by atoms with Gasteiger partial charge in [-0.2, -0.15) is 0 Å². The molecule has 0 aliphatic carbocycles. The Bertz CT molecular complexity index is 2620. The molecule has 4 nitrogen and oxygen atoms in total. The van der Waals surface area contributed by atoms with E-state index in [4.69, 9.17) is 0 Å². The quantitative estimate of drug-likeness (QED) is 0.183.